The quantitative estimate of drug-likeness (QED) is 0.674. The third-order valence-electron chi connectivity index (χ3n) is 2.49. The van der Waals surface area contributed by atoms with E-state index in [0.29, 0.717) is 11.0 Å². The van der Waals surface area contributed by atoms with Crippen molar-refractivity contribution in [2.45, 2.75) is 0 Å². The first-order valence-corrected chi connectivity index (χ1v) is 5.45. The van der Waals surface area contributed by atoms with Crippen LogP contribution in [0.15, 0.2) is 23.1 Å². The number of aromatic carboxylic acids is 1. The molecule has 0 fully saturated rings. The lowest BCUT2D eigenvalue weighted by molar-refractivity contribution is 0.0695. The number of rotatable bonds is 1. The number of carboxylic acids is 1. The monoisotopic (exact) mass is 247 g/mol. The van der Waals surface area contributed by atoms with Gasteiger partial charge in [-0.15, -0.1) is 0 Å². The number of nitrogens with zero attached hydrogens (tertiary/aromatic N) is 2. The summed E-state index contributed by atoms with van der Waals surface area (Å²) in [4.78, 5) is 26.7. The Labute approximate surface area is 97.9 Å². The Morgan fingerprint density at radius 1 is 1.35 bits per heavy atom. The standard InChI is InChI=1S/C10H5N3O3S/c14-9-4-1-2-6-8(13-17-12-6)7(4)11-3-5(9)10(15)16/h1-3,12H,(H,15,16). The predicted molar refractivity (Wildman–Crippen MR) is 62.5 cm³/mol. The molecule has 3 rings (SSSR count). The van der Waals surface area contributed by atoms with Gasteiger partial charge in [-0.3, -0.25) is 14.2 Å². The molecule has 2 heterocycles. The van der Waals surface area contributed by atoms with E-state index in [0.717, 1.165) is 23.4 Å². The molecule has 17 heavy (non-hydrogen) atoms. The topological polar surface area (TPSA) is 95.9 Å². The zero-order chi connectivity index (χ0) is 12.0. The third-order valence-corrected chi connectivity index (χ3v) is 3.07. The van der Waals surface area contributed by atoms with E-state index < -0.39 is 11.4 Å². The van der Waals surface area contributed by atoms with Crippen LogP contribution in [-0.4, -0.2) is 24.8 Å². The number of aromatic nitrogens is 3. The SMILES string of the molecule is O=C(O)c1cnc2c(ccc3[nH]snc32)c1=O. The highest BCUT2D eigenvalue weighted by molar-refractivity contribution is 7.00. The number of hydrogen-bond donors (Lipinski definition) is 2. The van der Waals surface area contributed by atoms with Crippen LogP contribution in [-0.2, 0) is 0 Å². The van der Waals surface area contributed by atoms with Gasteiger partial charge < -0.3 is 5.11 Å². The highest BCUT2D eigenvalue weighted by Crippen LogP contribution is 2.19. The highest BCUT2D eigenvalue weighted by atomic mass is 32.1. The minimum atomic E-state index is -1.27. The van der Waals surface area contributed by atoms with Crippen molar-refractivity contribution in [2.24, 2.45) is 0 Å². The number of fused-ring (bicyclic) bond motifs is 3. The van der Waals surface area contributed by atoms with Gasteiger partial charge in [-0.2, -0.15) is 4.37 Å². The van der Waals surface area contributed by atoms with Crippen LogP contribution in [0.25, 0.3) is 21.9 Å². The summed E-state index contributed by atoms with van der Waals surface area (Å²) in [5.41, 5.74) is 0.933. The number of carbonyl (C=O) groups is 1. The van der Waals surface area contributed by atoms with Gasteiger partial charge in [0.25, 0.3) is 0 Å². The van der Waals surface area contributed by atoms with Crippen molar-refractivity contribution in [3.8, 4) is 0 Å². The van der Waals surface area contributed by atoms with E-state index >= 15 is 0 Å². The number of pyridine rings is 1. The minimum absolute atomic E-state index is 0.275. The molecule has 0 saturated carbocycles. The first-order valence-electron chi connectivity index (χ1n) is 4.67. The fraction of sp³-hybridized carbons (Fsp3) is 0. The molecule has 2 N–H and O–H groups in total. The molecule has 0 saturated heterocycles. The lowest BCUT2D eigenvalue weighted by atomic mass is 10.1. The Morgan fingerprint density at radius 3 is 2.94 bits per heavy atom. The molecule has 0 bridgehead atoms. The van der Waals surface area contributed by atoms with Gasteiger partial charge in [0.05, 0.1) is 10.9 Å². The number of hydrogen-bond acceptors (Lipinski definition) is 5. The molecule has 6 nitrogen and oxygen atoms in total. The molecule has 0 unspecified atom stereocenters. The van der Waals surface area contributed by atoms with Crippen LogP contribution < -0.4 is 5.43 Å². The molecule has 2 aromatic heterocycles. The van der Waals surface area contributed by atoms with Crippen molar-refractivity contribution in [3.05, 3.63) is 34.1 Å². The molecule has 0 amide bonds. The predicted octanol–water partition coefficient (Wildman–Crippen LogP) is 1.23. The zero-order valence-electron chi connectivity index (χ0n) is 8.30. The maximum Gasteiger partial charge on any atom is 0.341 e. The Balaban J connectivity index is 2.53. The summed E-state index contributed by atoms with van der Waals surface area (Å²) in [6.07, 6.45) is 1.08. The minimum Gasteiger partial charge on any atom is -0.477 e. The van der Waals surface area contributed by atoms with Crippen molar-refractivity contribution in [2.75, 3.05) is 0 Å². The molecule has 84 valence electrons. The van der Waals surface area contributed by atoms with Crippen molar-refractivity contribution in [1.82, 2.24) is 13.7 Å². The maximum absolute atomic E-state index is 11.9. The lowest BCUT2D eigenvalue weighted by Gasteiger charge is -1.98. The van der Waals surface area contributed by atoms with Gasteiger partial charge in [-0.1, -0.05) is 0 Å². The van der Waals surface area contributed by atoms with Crippen LogP contribution in [0.5, 0.6) is 0 Å². The molecular weight excluding hydrogens is 242 g/mol. The molecule has 7 heteroatoms. The normalized spacial score (nSPS) is 11.1. The fourth-order valence-electron chi connectivity index (χ4n) is 1.67. The van der Waals surface area contributed by atoms with E-state index in [1.54, 1.807) is 12.1 Å². The van der Waals surface area contributed by atoms with Gasteiger partial charge in [0, 0.05) is 17.9 Å². The molecule has 0 aliphatic carbocycles. The third kappa shape index (κ3) is 1.32. The smallest absolute Gasteiger partial charge is 0.341 e. The van der Waals surface area contributed by atoms with Gasteiger partial charge in [0.1, 0.15) is 16.6 Å². The lowest BCUT2D eigenvalue weighted by Crippen LogP contribution is -2.15. The number of aromatic amines is 1. The number of H-pyrrole nitrogens is 1. The van der Waals surface area contributed by atoms with Crippen LogP contribution in [0, 0.1) is 0 Å². The van der Waals surface area contributed by atoms with Crippen molar-refractivity contribution in [3.63, 3.8) is 0 Å². The fourth-order valence-corrected chi connectivity index (χ4v) is 2.26. The average molecular weight is 247 g/mol. The van der Waals surface area contributed by atoms with E-state index in [4.69, 9.17) is 5.11 Å². The molecule has 0 radical (unpaired) electrons. The number of nitrogens with one attached hydrogen (secondary N) is 1. The molecular formula is C10H5N3O3S. The Morgan fingerprint density at radius 2 is 2.18 bits per heavy atom. The molecule has 0 aliphatic heterocycles. The van der Waals surface area contributed by atoms with Gasteiger partial charge in [-0.05, 0) is 12.1 Å². The van der Waals surface area contributed by atoms with E-state index in [9.17, 15) is 9.59 Å². The molecule has 0 atom stereocenters. The molecule has 3 aromatic rings. The van der Waals surface area contributed by atoms with Crippen LogP contribution in [0.3, 0.4) is 0 Å². The summed E-state index contributed by atoms with van der Waals surface area (Å²) < 4.78 is 7.04. The summed E-state index contributed by atoms with van der Waals surface area (Å²) in [7, 11) is 0. The van der Waals surface area contributed by atoms with E-state index in [1.807, 2.05) is 0 Å². The zero-order valence-corrected chi connectivity index (χ0v) is 9.11. The van der Waals surface area contributed by atoms with E-state index in [2.05, 4.69) is 13.7 Å². The molecule has 0 aliphatic rings. The number of benzene rings is 1. The Kier molecular flexibility index (Phi) is 1.96. The summed E-state index contributed by atoms with van der Waals surface area (Å²) in [6, 6.07) is 3.25. The van der Waals surface area contributed by atoms with Crippen LogP contribution >= 0.6 is 11.7 Å². The van der Waals surface area contributed by atoms with Gasteiger partial charge in [0.15, 0.2) is 0 Å². The summed E-state index contributed by atoms with van der Waals surface area (Å²) in [6.45, 7) is 0. The van der Waals surface area contributed by atoms with Crippen molar-refractivity contribution >= 4 is 39.6 Å². The average Bonchev–Trinajstić information content (AvgIpc) is 2.77. The Bertz CT molecular complexity index is 805. The Hall–Kier alpha value is -2.28. The van der Waals surface area contributed by atoms with Gasteiger partial charge in [-0.25, -0.2) is 4.79 Å². The van der Waals surface area contributed by atoms with Crippen LogP contribution in [0.4, 0.5) is 0 Å². The van der Waals surface area contributed by atoms with E-state index in [1.165, 1.54) is 0 Å². The van der Waals surface area contributed by atoms with Crippen LogP contribution in [0.1, 0.15) is 10.4 Å². The van der Waals surface area contributed by atoms with E-state index in [-0.39, 0.29) is 10.9 Å². The van der Waals surface area contributed by atoms with Crippen molar-refractivity contribution in [1.29, 1.82) is 0 Å². The largest absolute Gasteiger partial charge is 0.477 e. The second-order valence-electron chi connectivity index (χ2n) is 3.45. The first kappa shape index (κ1) is 9.91. The van der Waals surface area contributed by atoms with Gasteiger partial charge in [0.2, 0.25) is 5.43 Å². The second-order valence-corrected chi connectivity index (χ2v) is 4.02. The first-order chi connectivity index (χ1) is 8.18. The number of carboxylic acid groups (broad SMARTS) is 1. The summed E-state index contributed by atoms with van der Waals surface area (Å²) in [5.74, 6) is -1.27. The van der Waals surface area contributed by atoms with Crippen LogP contribution in [0.2, 0.25) is 0 Å². The van der Waals surface area contributed by atoms with Gasteiger partial charge >= 0.3 is 5.97 Å². The summed E-state index contributed by atoms with van der Waals surface area (Å²) >= 11 is 1.15. The second kappa shape index (κ2) is 3.36. The summed E-state index contributed by atoms with van der Waals surface area (Å²) in [5, 5.41) is 9.11. The molecule has 0 spiro atoms. The molecule has 1 aromatic carbocycles. The maximum atomic E-state index is 11.9. The van der Waals surface area contributed by atoms with Crippen molar-refractivity contribution < 1.29 is 9.90 Å². The highest BCUT2D eigenvalue weighted by Gasteiger charge is 2.14.